The zero-order valence-corrected chi connectivity index (χ0v) is 9.65. The average molecular weight is 220 g/mol. The number of thiophene rings is 1. The first-order valence-electron chi connectivity index (χ1n) is 5.58. The predicted octanol–water partition coefficient (Wildman–Crippen LogP) is 2.90. The predicted molar refractivity (Wildman–Crippen MR) is 62.7 cm³/mol. The molecule has 1 aromatic heterocycles. The molecular formula is C12H16N2S. The largest absolute Gasteiger partial charge is 0.312 e. The molecule has 1 N–H and O–H groups in total. The van der Waals surface area contributed by atoms with Crippen LogP contribution in [-0.4, -0.2) is 6.54 Å². The van der Waals surface area contributed by atoms with Gasteiger partial charge in [-0.2, -0.15) is 5.26 Å². The molecule has 0 saturated heterocycles. The molecule has 15 heavy (non-hydrogen) atoms. The number of nitrogens with zero attached hydrogens (tertiary/aromatic N) is 1. The van der Waals surface area contributed by atoms with E-state index in [4.69, 9.17) is 5.26 Å². The molecule has 0 aliphatic heterocycles. The molecule has 3 heteroatoms. The summed E-state index contributed by atoms with van der Waals surface area (Å²) in [5.41, 5.74) is 0. The van der Waals surface area contributed by atoms with Crippen molar-refractivity contribution in [2.75, 3.05) is 6.54 Å². The molecule has 0 aromatic carbocycles. The smallest absolute Gasteiger partial charge is 0.110 e. The van der Waals surface area contributed by atoms with Gasteiger partial charge in [-0.15, -0.1) is 11.3 Å². The molecule has 1 aromatic rings. The molecule has 2 nitrogen and oxygen atoms in total. The zero-order chi connectivity index (χ0) is 10.5. The van der Waals surface area contributed by atoms with Crippen molar-refractivity contribution >= 4 is 11.3 Å². The first-order chi connectivity index (χ1) is 7.38. The van der Waals surface area contributed by atoms with Gasteiger partial charge in [0, 0.05) is 11.4 Å². The van der Waals surface area contributed by atoms with E-state index in [2.05, 4.69) is 11.4 Å². The molecule has 80 valence electrons. The lowest BCUT2D eigenvalue weighted by atomic mass is 10.2. The topological polar surface area (TPSA) is 35.8 Å². The highest BCUT2D eigenvalue weighted by atomic mass is 32.1. The summed E-state index contributed by atoms with van der Waals surface area (Å²) in [6, 6.07) is 6.10. The van der Waals surface area contributed by atoms with Gasteiger partial charge in [-0.05, 0) is 37.4 Å². The van der Waals surface area contributed by atoms with Crippen molar-refractivity contribution in [3.8, 4) is 6.07 Å². The second kappa shape index (κ2) is 5.29. The SMILES string of the molecule is N#Cc1ccc(CNCCCC2CC2)s1. The Balaban J connectivity index is 1.58. The van der Waals surface area contributed by atoms with Crippen LogP contribution in [-0.2, 0) is 6.54 Å². The lowest BCUT2D eigenvalue weighted by molar-refractivity contribution is 0.596. The molecule has 0 amide bonds. The molecule has 1 saturated carbocycles. The second-order valence-corrected chi connectivity index (χ2v) is 5.31. The molecule has 1 aliphatic rings. The quantitative estimate of drug-likeness (QED) is 0.748. The molecule has 0 atom stereocenters. The summed E-state index contributed by atoms with van der Waals surface area (Å²) in [6.45, 7) is 2.02. The van der Waals surface area contributed by atoms with Gasteiger partial charge in [0.2, 0.25) is 0 Å². The van der Waals surface area contributed by atoms with Gasteiger partial charge >= 0.3 is 0 Å². The van der Waals surface area contributed by atoms with E-state index in [0.29, 0.717) is 0 Å². The molecule has 0 unspecified atom stereocenters. The number of nitriles is 1. The first-order valence-corrected chi connectivity index (χ1v) is 6.39. The van der Waals surface area contributed by atoms with Gasteiger partial charge in [0.05, 0.1) is 0 Å². The van der Waals surface area contributed by atoms with E-state index in [1.54, 1.807) is 11.3 Å². The molecular weight excluding hydrogens is 204 g/mol. The minimum Gasteiger partial charge on any atom is -0.312 e. The monoisotopic (exact) mass is 220 g/mol. The van der Waals surface area contributed by atoms with Gasteiger partial charge in [0.1, 0.15) is 10.9 Å². The molecule has 1 aliphatic carbocycles. The summed E-state index contributed by atoms with van der Waals surface area (Å²) in [4.78, 5) is 2.07. The van der Waals surface area contributed by atoms with Crippen molar-refractivity contribution < 1.29 is 0 Å². The normalized spacial score (nSPS) is 15.1. The molecule has 2 rings (SSSR count). The fourth-order valence-electron chi connectivity index (χ4n) is 1.67. The van der Waals surface area contributed by atoms with E-state index in [0.717, 1.165) is 23.9 Å². The van der Waals surface area contributed by atoms with Gasteiger partial charge in [-0.1, -0.05) is 12.8 Å². The summed E-state index contributed by atoms with van der Waals surface area (Å²) in [6.07, 6.45) is 5.59. The van der Waals surface area contributed by atoms with E-state index in [1.165, 1.54) is 30.6 Å². The number of hydrogen-bond donors (Lipinski definition) is 1. The third-order valence-corrected chi connectivity index (χ3v) is 3.72. The highest BCUT2D eigenvalue weighted by Gasteiger charge is 2.19. The highest BCUT2D eigenvalue weighted by Crippen LogP contribution is 2.33. The minimum absolute atomic E-state index is 0.810. The van der Waals surface area contributed by atoms with Crippen LogP contribution in [0.5, 0.6) is 0 Å². The standard InChI is InChI=1S/C12H16N2S/c13-8-11-5-6-12(15-11)9-14-7-1-2-10-3-4-10/h5-6,10,14H,1-4,7,9H2. The van der Waals surface area contributed by atoms with E-state index >= 15 is 0 Å². The molecule has 0 radical (unpaired) electrons. The van der Waals surface area contributed by atoms with E-state index < -0.39 is 0 Å². The number of nitrogens with one attached hydrogen (secondary N) is 1. The van der Waals surface area contributed by atoms with Crippen molar-refractivity contribution in [3.63, 3.8) is 0 Å². The van der Waals surface area contributed by atoms with Gasteiger partial charge in [0.15, 0.2) is 0 Å². The van der Waals surface area contributed by atoms with Crippen molar-refractivity contribution in [3.05, 3.63) is 21.9 Å². The molecule has 0 spiro atoms. The maximum Gasteiger partial charge on any atom is 0.110 e. The van der Waals surface area contributed by atoms with E-state index in [-0.39, 0.29) is 0 Å². The summed E-state index contributed by atoms with van der Waals surface area (Å²) in [7, 11) is 0. The van der Waals surface area contributed by atoms with Crippen LogP contribution in [0.3, 0.4) is 0 Å². The number of hydrogen-bond acceptors (Lipinski definition) is 3. The second-order valence-electron chi connectivity index (χ2n) is 4.14. The molecule has 1 heterocycles. The third kappa shape index (κ3) is 3.65. The fourth-order valence-corrected chi connectivity index (χ4v) is 2.44. The highest BCUT2D eigenvalue weighted by molar-refractivity contribution is 7.12. The summed E-state index contributed by atoms with van der Waals surface area (Å²) in [5.74, 6) is 1.04. The van der Waals surface area contributed by atoms with Crippen LogP contribution in [0.25, 0.3) is 0 Å². The van der Waals surface area contributed by atoms with Crippen LogP contribution in [0.4, 0.5) is 0 Å². The van der Waals surface area contributed by atoms with Crippen LogP contribution in [0, 0.1) is 17.2 Å². The van der Waals surface area contributed by atoms with Crippen LogP contribution < -0.4 is 5.32 Å². The number of rotatable bonds is 6. The lowest BCUT2D eigenvalue weighted by Crippen LogP contribution is -2.13. The average Bonchev–Trinajstić information content (AvgIpc) is 2.96. The maximum absolute atomic E-state index is 8.67. The van der Waals surface area contributed by atoms with E-state index in [1.807, 2.05) is 12.1 Å². The van der Waals surface area contributed by atoms with Gasteiger partial charge < -0.3 is 5.32 Å². The Bertz CT molecular complexity index is 347. The Morgan fingerprint density at radius 1 is 1.47 bits per heavy atom. The lowest BCUT2D eigenvalue weighted by Gasteiger charge is -2.01. The Kier molecular flexibility index (Phi) is 3.76. The van der Waals surface area contributed by atoms with E-state index in [9.17, 15) is 0 Å². The minimum atomic E-state index is 0.810. The Morgan fingerprint density at radius 3 is 3.00 bits per heavy atom. The summed E-state index contributed by atoms with van der Waals surface area (Å²) < 4.78 is 0. The molecule has 1 fully saturated rings. The van der Waals surface area contributed by atoms with Crippen LogP contribution >= 0.6 is 11.3 Å². The van der Waals surface area contributed by atoms with Crippen molar-refractivity contribution in [1.82, 2.24) is 5.32 Å². The fraction of sp³-hybridized carbons (Fsp3) is 0.583. The zero-order valence-electron chi connectivity index (χ0n) is 8.83. The Labute approximate surface area is 94.9 Å². The van der Waals surface area contributed by atoms with Crippen molar-refractivity contribution in [1.29, 1.82) is 5.26 Å². The van der Waals surface area contributed by atoms with Crippen molar-refractivity contribution in [2.45, 2.75) is 32.2 Å². The van der Waals surface area contributed by atoms with Gasteiger partial charge in [-0.3, -0.25) is 0 Å². The van der Waals surface area contributed by atoms with Gasteiger partial charge in [-0.25, -0.2) is 0 Å². The Hall–Kier alpha value is -0.850. The Morgan fingerprint density at radius 2 is 2.33 bits per heavy atom. The van der Waals surface area contributed by atoms with Crippen LogP contribution in [0.2, 0.25) is 0 Å². The summed E-state index contributed by atoms with van der Waals surface area (Å²) in [5, 5.41) is 12.1. The van der Waals surface area contributed by atoms with Crippen molar-refractivity contribution in [2.24, 2.45) is 5.92 Å². The molecule has 0 bridgehead atoms. The van der Waals surface area contributed by atoms with Crippen LogP contribution in [0.1, 0.15) is 35.4 Å². The van der Waals surface area contributed by atoms with Gasteiger partial charge in [0.25, 0.3) is 0 Å². The maximum atomic E-state index is 8.67. The summed E-state index contributed by atoms with van der Waals surface area (Å²) >= 11 is 1.59. The first kappa shape index (κ1) is 10.7. The third-order valence-electron chi connectivity index (χ3n) is 2.73. The van der Waals surface area contributed by atoms with Crippen LogP contribution in [0.15, 0.2) is 12.1 Å².